The monoisotopic (exact) mass is 289 g/mol. The van der Waals surface area contributed by atoms with Crippen molar-refractivity contribution in [2.75, 3.05) is 0 Å². The van der Waals surface area contributed by atoms with Crippen LogP contribution in [0.25, 0.3) is 0 Å². The van der Waals surface area contributed by atoms with Gasteiger partial charge in [0, 0.05) is 10.6 Å². The van der Waals surface area contributed by atoms with Gasteiger partial charge in [-0.25, -0.2) is 4.39 Å². The van der Waals surface area contributed by atoms with Crippen LogP contribution in [0.1, 0.15) is 47.9 Å². The molecule has 1 nitrogen and oxygen atoms in total. The van der Waals surface area contributed by atoms with Crippen LogP contribution in [0.15, 0.2) is 42.5 Å². The Morgan fingerprint density at radius 2 is 1.80 bits per heavy atom. The summed E-state index contributed by atoms with van der Waals surface area (Å²) in [4.78, 5) is 0. The highest BCUT2D eigenvalue weighted by atomic mass is 35.5. The molecule has 0 bridgehead atoms. The van der Waals surface area contributed by atoms with Crippen LogP contribution in [-0.2, 0) is 0 Å². The number of benzene rings is 2. The molecule has 2 aromatic carbocycles. The lowest BCUT2D eigenvalue weighted by atomic mass is 9.79. The fourth-order valence-corrected chi connectivity index (χ4v) is 2.81. The summed E-state index contributed by atoms with van der Waals surface area (Å²) >= 11 is 5.76. The number of hydrogen-bond acceptors (Lipinski definition) is 1. The van der Waals surface area contributed by atoms with Gasteiger partial charge >= 0.3 is 0 Å². The summed E-state index contributed by atoms with van der Waals surface area (Å²) in [6, 6.07) is 12.4. The molecular formula is C17H17ClFN. The molecule has 2 aromatic rings. The third kappa shape index (κ3) is 2.58. The van der Waals surface area contributed by atoms with Crippen LogP contribution in [0.4, 0.5) is 4.39 Å². The summed E-state index contributed by atoms with van der Waals surface area (Å²) in [6.45, 7) is 0. The average molecular weight is 290 g/mol. The summed E-state index contributed by atoms with van der Waals surface area (Å²) < 4.78 is 13.9. The number of nitrogens with two attached hydrogens (primary N) is 1. The van der Waals surface area contributed by atoms with E-state index in [1.165, 1.54) is 30.9 Å². The van der Waals surface area contributed by atoms with Gasteiger partial charge in [-0.1, -0.05) is 48.4 Å². The van der Waals surface area contributed by atoms with Crippen molar-refractivity contribution in [3.8, 4) is 0 Å². The van der Waals surface area contributed by atoms with Gasteiger partial charge in [0.15, 0.2) is 0 Å². The molecule has 2 N–H and O–H groups in total. The van der Waals surface area contributed by atoms with E-state index in [2.05, 4.69) is 12.1 Å². The Morgan fingerprint density at radius 3 is 2.35 bits per heavy atom. The molecule has 0 saturated heterocycles. The molecule has 1 saturated carbocycles. The Hall–Kier alpha value is -1.38. The van der Waals surface area contributed by atoms with E-state index in [1.807, 2.05) is 12.1 Å². The normalized spacial score (nSPS) is 16.8. The number of hydrogen-bond donors (Lipinski definition) is 1. The molecule has 0 aromatic heterocycles. The summed E-state index contributed by atoms with van der Waals surface area (Å²) in [5.74, 6) is 0.348. The zero-order valence-electron chi connectivity index (χ0n) is 11.2. The molecule has 3 rings (SSSR count). The fraction of sp³-hybridized carbons (Fsp3) is 0.294. The summed E-state index contributed by atoms with van der Waals surface area (Å²) in [5, 5.41) is 0.388. The standard InChI is InChI=1S/C17H17ClFN/c18-14-8-9-15(16(19)10-14)17(20)13-6-4-12(5-7-13)11-2-1-3-11/h4-11,17H,1-3,20H2. The van der Waals surface area contributed by atoms with Gasteiger partial charge in [0.05, 0.1) is 6.04 Å². The first-order valence-electron chi connectivity index (χ1n) is 6.95. The highest BCUT2D eigenvalue weighted by Gasteiger charge is 2.20. The zero-order valence-corrected chi connectivity index (χ0v) is 11.9. The number of rotatable bonds is 3. The van der Waals surface area contributed by atoms with E-state index in [1.54, 1.807) is 12.1 Å². The molecule has 1 fully saturated rings. The van der Waals surface area contributed by atoms with Gasteiger partial charge in [0.25, 0.3) is 0 Å². The quantitative estimate of drug-likeness (QED) is 0.863. The third-order valence-corrected chi connectivity index (χ3v) is 4.40. The first-order chi connectivity index (χ1) is 9.65. The van der Waals surface area contributed by atoms with Gasteiger partial charge in [-0.05, 0) is 42.0 Å². The summed E-state index contributed by atoms with van der Waals surface area (Å²) in [7, 11) is 0. The van der Waals surface area contributed by atoms with Gasteiger partial charge in [-0.3, -0.25) is 0 Å². The minimum Gasteiger partial charge on any atom is -0.320 e. The van der Waals surface area contributed by atoms with E-state index < -0.39 is 6.04 Å². The molecule has 1 unspecified atom stereocenters. The van der Waals surface area contributed by atoms with Crippen molar-refractivity contribution in [1.82, 2.24) is 0 Å². The van der Waals surface area contributed by atoms with Crippen molar-refractivity contribution < 1.29 is 4.39 Å². The first kappa shape index (κ1) is 13.6. The topological polar surface area (TPSA) is 26.0 Å². The largest absolute Gasteiger partial charge is 0.320 e. The van der Waals surface area contributed by atoms with E-state index in [0.29, 0.717) is 16.5 Å². The van der Waals surface area contributed by atoms with Crippen molar-refractivity contribution in [3.05, 3.63) is 70.0 Å². The molecule has 3 heteroatoms. The van der Waals surface area contributed by atoms with Crippen LogP contribution in [0, 0.1) is 5.82 Å². The smallest absolute Gasteiger partial charge is 0.129 e. The first-order valence-corrected chi connectivity index (χ1v) is 7.33. The van der Waals surface area contributed by atoms with Crippen LogP contribution in [-0.4, -0.2) is 0 Å². The molecule has 0 radical (unpaired) electrons. The van der Waals surface area contributed by atoms with Crippen molar-refractivity contribution >= 4 is 11.6 Å². The third-order valence-electron chi connectivity index (χ3n) is 4.17. The molecule has 0 heterocycles. The molecule has 1 atom stereocenters. The van der Waals surface area contributed by atoms with E-state index in [9.17, 15) is 4.39 Å². The molecule has 0 aliphatic heterocycles. The predicted molar refractivity (Wildman–Crippen MR) is 80.5 cm³/mol. The average Bonchev–Trinajstić information content (AvgIpc) is 2.37. The molecule has 104 valence electrons. The van der Waals surface area contributed by atoms with E-state index >= 15 is 0 Å². The van der Waals surface area contributed by atoms with Gasteiger partial charge in [-0.15, -0.1) is 0 Å². The maximum absolute atomic E-state index is 13.9. The Balaban J connectivity index is 1.84. The second kappa shape index (κ2) is 5.55. The maximum Gasteiger partial charge on any atom is 0.129 e. The van der Waals surface area contributed by atoms with Crippen molar-refractivity contribution in [3.63, 3.8) is 0 Å². The summed E-state index contributed by atoms with van der Waals surface area (Å²) in [5.41, 5.74) is 8.92. The Bertz CT molecular complexity index is 605. The highest BCUT2D eigenvalue weighted by Crippen LogP contribution is 2.36. The van der Waals surface area contributed by atoms with E-state index in [0.717, 1.165) is 5.56 Å². The molecule has 0 spiro atoms. The second-order valence-corrected chi connectivity index (χ2v) is 5.87. The minimum atomic E-state index is -0.456. The van der Waals surface area contributed by atoms with Crippen LogP contribution >= 0.6 is 11.6 Å². The van der Waals surface area contributed by atoms with Crippen LogP contribution in [0.5, 0.6) is 0 Å². The van der Waals surface area contributed by atoms with Crippen LogP contribution in [0.2, 0.25) is 5.02 Å². The molecule has 1 aliphatic carbocycles. The van der Waals surface area contributed by atoms with Crippen LogP contribution < -0.4 is 5.73 Å². The Kier molecular flexibility index (Phi) is 3.77. The van der Waals surface area contributed by atoms with Gasteiger partial charge in [0.1, 0.15) is 5.82 Å². The van der Waals surface area contributed by atoms with E-state index in [-0.39, 0.29) is 5.82 Å². The molecule has 1 aliphatic rings. The molecular weight excluding hydrogens is 273 g/mol. The lowest BCUT2D eigenvalue weighted by Crippen LogP contribution is -2.14. The van der Waals surface area contributed by atoms with Crippen molar-refractivity contribution in [1.29, 1.82) is 0 Å². The number of halogens is 2. The second-order valence-electron chi connectivity index (χ2n) is 5.44. The van der Waals surface area contributed by atoms with Gasteiger partial charge in [0.2, 0.25) is 0 Å². The molecule has 0 amide bonds. The van der Waals surface area contributed by atoms with E-state index in [4.69, 9.17) is 17.3 Å². The summed E-state index contributed by atoms with van der Waals surface area (Å²) in [6.07, 6.45) is 3.87. The SMILES string of the molecule is NC(c1ccc(C2CCC2)cc1)c1ccc(Cl)cc1F. The lowest BCUT2D eigenvalue weighted by Gasteiger charge is -2.26. The zero-order chi connectivity index (χ0) is 14.1. The maximum atomic E-state index is 13.9. The minimum absolute atomic E-state index is 0.354. The van der Waals surface area contributed by atoms with Crippen molar-refractivity contribution in [2.45, 2.75) is 31.2 Å². The Morgan fingerprint density at radius 1 is 1.10 bits per heavy atom. The van der Waals surface area contributed by atoms with Crippen molar-refractivity contribution in [2.24, 2.45) is 5.73 Å². The Labute approximate surface area is 123 Å². The van der Waals surface area contributed by atoms with Crippen LogP contribution in [0.3, 0.4) is 0 Å². The van der Waals surface area contributed by atoms with Gasteiger partial charge < -0.3 is 5.73 Å². The fourth-order valence-electron chi connectivity index (χ4n) is 2.65. The lowest BCUT2D eigenvalue weighted by molar-refractivity contribution is 0.419. The highest BCUT2D eigenvalue weighted by molar-refractivity contribution is 6.30. The predicted octanol–water partition coefficient (Wildman–Crippen LogP) is 4.79. The van der Waals surface area contributed by atoms with Gasteiger partial charge in [-0.2, -0.15) is 0 Å². The molecule has 20 heavy (non-hydrogen) atoms.